The Morgan fingerprint density at radius 1 is 1.40 bits per heavy atom. The van der Waals surface area contributed by atoms with Crippen LogP contribution in [0.5, 0.6) is 0 Å². The molecular weight excluding hydrogens is 184 g/mol. The van der Waals surface area contributed by atoms with Crippen molar-refractivity contribution in [1.29, 1.82) is 0 Å². The van der Waals surface area contributed by atoms with Gasteiger partial charge in [0.25, 0.3) is 0 Å². The first-order valence-electron chi connectivity index (χ1n) is 5.17. The Balaban J connectivity index is 2.52. The lowest BCUT2D eigenvalue weighted by molar-refractivity contribution is -0.262. The van der Waals surface area contributed by atoms with Gasteiger partial charge in [-0.15, -0.1) is 4.98 Å². The van der Waals surface area contributed by atoms with E-state index in [1.54, 1.807) is 6.20 Å². The van der Waals surface area contributed by atoms with E-state index in [2.05, 4.69) is 43.0 Å². The van der Waals surface area contributed by atoms with Crippen molar-refractivity contribution in [2.24, 2.45) is 5.41 Å². The third-order valence-electron chi connectivity index (χ3n) is 2.26. The van der Waals surface area contributed by atoms with Crippen LogP contribution < -0.4 is 4.98 Å². The zero-order chi connectivity index (χ0) is 10.9. The van der Waals surface area contributed by atoms with Gasteiger partial charge in [0, 0.05) is 6.07 Å². The van der Waals surface area contributed by atoms with Gasteiger partial charge in [0.2, 0.25) is 0 Å². The summed E-state index contributed by atoms with van der Waals surface area (Å²) in [4.78, 5) is 8.37. The van der Waals surface area contributed by atoms with Gasteiger partial charge in [-0.25, -0.2) is 0 Å². The molecule has 2 nitrogen and oxygen atoms in total. The number of aromatic nitrogens is 2. The van der Waals surface area contributed by atoms with Crippen LogP contribution in [-0.2, 0) is 6.42 Å². The second-order valence-corrected chi connectivity index (χ2v) is 5.02. The van der Waals surface area contributed by atoms with Crippen LogP contribution >= 0.6 is 0 Å². The van der Waals surface area contributed by atoms with E-state index in [1.807, 2.05) is 12.1 Å². The Labute approximate surface area is 90.4 Å². The van der Waals surface area contributed by atoms with Crippen molar-refractivity contribution in [3.63, 3.8) is 0 Å². The molecule has 0 spiro atoms. The van der Waals surface area contributed by atoms with Crippen molar-refractivity contribution in [2.45, 2.75) is 27.2 Å². The van der Waals surface area contributed by atoms with E-state index < -0.39 is 0 Å². The average Bonchev–Trinajstić information content (AvgIpc) is 2.16. The molecule has 76 valence electrons. The van der Waals surface area contributed by atoms with Crippen molar-refractivity contribution in [3.8, 4) is 0 Å². The Bertz CT molecular complexity index is 464. The number of nitrogens with zero attached hydrogens (tertiary/aromatic N) is 2. The van der Waals surface area contributed by atoms with Gasteiger partial charge < -0.3 is 0 Å². The molecule has 0 saturated carbocycles. The summed E-state index contributed by atoms with van der Waals surface area (Å²) in [5, 5.41) is 1.14. The molecule has 0 unspecified atom stereocenters. The molecule has 15 heavy (non-hydrogen) atoms. The summed E-state index contributed by atoms with van der Waals surface area (Å²) in [6, 6.07) is 6.00. The first-order chi connectivity index (χ1) is 7.06. The standard InChI is InChI=1S/C13H15N2/c1-13(2,3)9-10-6-8-15-12-11(10)5-4-7-14-12/h4-7H,9H2,1-3H3/q+1. The minimum Gasteiger partial charge on any atom is -0.149 e. The summed E-state index contributed by atoms with van der Waals surface area (Å²) < 4.78 is 0. The van der Waals surface area contributed by atoms with Crippen LogP contribution in [0, 0.1) is 11.6 Å². The molecule has 0 atom stereocenters. The van der Waals surface area contributed by atoms with Crippen LogP contribution in [0.2, 0.25) is 0 Å². The van der Waals surface area contributed by atoms with Crippen molar-refractivity contribution < 1.29 is 4.98 Å². The zero-order valence-corrected chi connectivity index (χ0v) is 9.41. The molecule has 0 N–H and O–H groups in total. The smallest absolute Gasteiger partial charge is 0.149 e. The summed E-state index contributed by atoms with van der Waals surface area (Å²) in [7, 11) is 0. The summed E-state index contributed by atoms with van der Waals surface area (Å²) in [5.74, 6) is 0. The molecule has 2 aromatic rings. The summed E-state index contributed by atoms with van der Waals surface area (Å²) in [6.07, 6.45) is 5.70. The van der Waals surface area contributed by atoms with Crippen molar-refractivity contribution in [1.82, 2.24) is 4.98 Å². The van der Waals surface area contributed by atoms with Crippen LogP contribution in [0.15, 0.2) is 24.4 Å². The predicted molar refractivity (Wildman–Crippen MR) is 59.3 cm³/mol. The van der Waals surface area contributed by atoms with E-state index in [0.717, 1.165) is 17.5 Å². The highest BCUT2D eigenvalue weighted by Crippen LogP contribution is 2.23. The van der Waals surface area contributed by atoms with Gasteiger partial charge in [0.1, 0.15) is 6.20 Å². The van der Waals surface area contributed by atoms with Gasteiger partial charge >= 0.3 is 5.65 Å². The molecule has 2 rings (SSSR count). The monoisotopic (exact) mass is 199 g/mol. The van der Waals surface area contributed by atoms with Gasteiger partial charge in [-0.05, 0) is 34.5 Å². The van der Waals surface area contributed by atoms with Gasteiger partial charge in [-0.3, -0.25) is 0 Å². The maximum absolute atomic E-state index is 4.23. The van der Waals surface area contributed by atoms with E-state index in [9.17, 15) is 0 Å². The Kier molecular flexibility index (Phi) is 2.32. The van der Waals surface area contributed by atoms with Gasteiger partial charge in [-0.1, -0.05) is 20.8 Å². The third-order valence-corrected chi connectivity index (χ3v) is 2.26. The molecule has 0 aliphatic rings. The topological polar surface area (TPSA) is 27.0 Å². The fourth-order valence-corrected chi connectivity index (χ4v) is 1.70. The highest BCUT2D eigenvalue weighted by molar-refractivity contribution is 5.75. The quantitative estimate of drug-likeness (QED) is 0.704. The first-order valence-corrected chi connectivity index (χ1v) is 5.17. The normalized spacial score (nSPS) is 11.4. The van der Waals surface area contributed by atoms with E-state index >= 15 is 0 Å². The third kappa shape index (κ3) is 2.24. The summed E-state index contributed by atoms with van der Waals surface area (Å²) >= 11 is 0. The molecule has 2 aromatic heterocycles. The summed E-state index contributed by atoms with van der Waals surface area (Å²) in [6.45, 7) is 6.70. The highest BCUT2D eigenvalue weighted by atomic mass is 14.8. The minimum absolute atomic E-state index is 0.276. The number of rotatable bonds is 1. The molecule has 0 radical (unpaired) electrons. The van der Waals surface area contributed by atoms with Gasteiger partial charge in [0.05, 0.1) is 5.39 Å². The number of hydrogen-bond donors (Lipinski definition) is 0. The fraction of sp³-hybridized carbons (Fsp3) is 0.385. The predicted octanol–water partition coefficient (Wildman–Crippen LogP) is 2.22. The molecule has 0 aliphatic heterocycles. The molecule has 0 bridgehead atoms. The van der Waals surface area contributed by atoms with E-state index in [-0.39, 0.29) is 5.41 Å². The lowest BCUT2D eigenvalue weighted by Gasteiger charge is -2.17. The largest absolute Gasteiger partial charge is 0.433 e. The van der Waals surface area contributed by atoms with E-state index in [1.165, 1.54) is 5.56 Å². The van der Waals surface area contributed by atoms with Crippen molar-refractivity contribution in [2.75, 3.05) is 0 Å². The molecular formula is C13H15N2+. The minimum atomic E-state index is 0.276. The van der Waals surface area contributed by atoms with Crippen molar-refractivity contribution >= 4 is 11.0 Å². The van der Waals surface area contributed by atoms with E-state index in [4.69, 9.17) is 0 Å². The Morgan fingerprint density at radius 3 is 2.93 bits per heavy atom. The van der Waals surface area contributed by atoms with Gasteiger partial charge in [0.15, 0.2) is 6.20 Å². The maximum Gasteiger partial charge on any atom is 0.433 e. The second-order valence-electron chi connectivity index (χ2n) is 5.02. The van der Waals surface area contributed by atoms with Crippen LogP contribution in [0.25, 0.3) is 11.0 Å². The number of pyridine rings is 1. The van der Waals surface area contributed by atoms with Crippen LogP contribution in [0.3, 0.4) is 0 Å². The first kappa shape index (κ1) is 9.92. The lowest BCUT2D eigenvalue weighted by Crippen LogP contribution is -2.10. The zero-order valence-electron chi connectivity index (χ0n) is 9.41. The maximum atomic E-state index is 4.23. The molecule has 0 saturated heterocycles. The Hall–Kier alpha value is -1.62. The highest BCUT2D eigenvalue weighted by Gasteiger charge is 2.16. The second kappa shape index (κ2) is 3.51. The molecule has 0 fully saturated rings. The molecule has 2 heterocycles. The molecule has 0 aromatic carbocycles. The molecule has 2 heteroatoms. The van der Waals surface area contributed by atoms with Gasteiger partial charge in [-0.2, -0.15) is 0 Å². The van der Waals surface area contributed by atoms with E-state index in [0.29, 0.717) is 0 Å². The number of fused-ring (bicyclic) bond motifs is 1. The molecule has 0 aliphatic carbocycles. The molecule has 0 amide bonds. The fourth-order valence-electron chi connectivity index (χ4n) is 1.70. The Morgan fingerprint density at radius 2 is 2.20 bits per heavy atom. The van der Waals surface area contributed by atoms with Crippen LogP contribution in [0.1, 0.15) is 26.3 Å². The summed E-state index contributed by atoms with van der Waals surface area (Å²) in [5.41, 5.74) is 2.35. The lowest BCUT2D eigenvalue weighted by atomic mass is 9.87. The number of hydrogen-bond acceptors (Lipinski definition) is 1. The average molecular weight is 199 g/mol. The van der Waals surface area contributed by atoms with Crippen LogP contribution in [-0.4, -0.2) is 4.98 Å². The SMILES string of the molecule is CC(C)(C)Cc1cc#[n+]c2ncccc12. The van der Waals surface area contributed by atoms with Crippen molar-refractivity contribution in [3.05, 3.63) is 36.2 Å². The van der Waals surface area contributed by atoms with Crippen LogP contribution in [0.4, 0.5) is 0 Å².